The van der Waals surface area contributed by atoms with Gasteiger partial charge < -0.3 is 10.1 Å². The molecule has 0 bridgehead atoms. The molecule has 0 aliphatic carbocycles. The van der Waals surface area contributed by atoms with Crippen molar-refractivity contribution in [3.63, 3.8) is 0 Å². The molecule has 2 aromatic rings. The molecule has 4 rings (SSSR count). The van der Waals surface area contributed by atoms with Gasteiger partial charge in [0.2, 0.25) is 0 Å². The molecule has 1 aromatic carbocycles. The topological polar surface area (TPSA) is 92.8 Å². The second kappa shape index (κ2) is 8.22. The normalized spacial score (nSPS) is 19.0. The lowest BCUT2D eigenvalue weighted by Crippen LogP contribution is -2.50. The van der Waals surface area contributed by atoms with Gasteiger partial charge in [-0.3, -0.25) is 4.79 Å². The van der Waals surface area contributed by atoms with E-state index in [1.54, 1.807) is 24.4 Å². The number of carbonyl (C=O) groups is 2. The number of piperidine rings is 1. The van der Waals surface area contributed by atoms with Crippen molar-refractivity contribution in [3.8, 4) is 0 Å². The Morgan fingerprint density at radius 1 is 1.16 bits per heavy atom. The summed E-state index contributed by atoms with van der Waals surface area (Å²) in [4.78, 5) is 25.5. The summed E-state index contributed by atoms with van der Waals surface area (Å²) in [7, 11) is -3.59. The monoisotopic (exact) mass is 460 g/mol. The van der Waals surface area contributed by atoms with Crippen molar-refractivity contribution >= 4 is 33.2 Å². The second-order valence-corrected chi connectivity index (χ2v) is 10.9. The van der Waals surface area contributed by atoms with E-state index < -0.39 is 21.6 Å². The largest absolute Gasteiger partial charge is 0.450 e. The predicted octanol–water partition coefficient (Wildman–Crippen LogP) is 2.77. The molecule has 7 nitrogen and oxygen atoms in total. The van der Waals surface area contributed by atoms with Gasteiger partial charge >= 0.3 is 5.97 Å². The molecule has 0 atom stereocenters. The van der Waals surface area contributed by atoms with Gasteiger partial charge in [0.25, 0.3) is 15.9 Å². The minimum atomic E-state index is -3.59. The Morgan fingerprint density at radius 3 is 2.52 bits per heavy atom. The molecule has 2 aliphatic rings. The fraction of sp³-hybridized carbons (Fsp3) is 0.364. The molecule has 1 spiro atoms. The first-order valence-electron chi connectivity index (χ1n) is 10.1. The molecular formula is C22H24N2O5S2. The van der Waals surface area contributed by atoms with E-state index in [2.05, 4.69) is 5.32 Å². The summed E-state index contributed by atoms with van der Waals surface area (Å²) >= 11 is 1.17. The number of nitrogens with one attached hydrogen (secondary N) is 1. The van der Waals surface area contributed by atoms with E-state index >= 15 is 0 Å². The number of sulfonamides is 1. The molecule has 1 N–H and O–H groups in total. The number of rotatable bonds is 5. The first-order valence-corrected chi connectivity index (χ1v) is 12.4. The summed E-state index contributed by atoms with van der Waals surface area (Å²) < 4.78 is 33.0. The van der Waals surface area contributed by atoms with E-state index in [1.807, 2.05) is 31.2 Å². The van der Waals surface area contributed by atoms with Crippen molar-refractivity contribution in [2.45, 2.75) is 43.0 Å². The van der Waals surface area contributed by atoms with E-state index in [4.69, 9.17) is 4.74 Å². The Hall–Kier alpha value is -2.49. The Morgan fingerprint density at radius 2 is 1.87 bits per heavy atom. The molecule has 0 saturated carbocycles. The summed E-state index contributed by atoms with van der Waals surface area (Å²) in [5, 5.41) is 4.63. The van der Waals surface area contributed by atoms with Crippen LogP contribution in [0.4, 0.5) is 0 Å². The van der Waals surface area contributed by atoms with Crippen molar-refractivity contribution < 1.29 is 22.7 Å². The lowest BCUT2D eigenvalue weighted by atomic mass is 9.83. The van der Waals surface area contributed by atoms with Crippen LogP contribution in [0.15, 0.2) is 57.1 Å². The fourth-order valence-electron chi connectivity index (χ4n) is 4.18. The lowest BCUT2D eigenvalue weighted by molar-refractivity contribution is -0.150. The molecule has 9 heteroatoms. The van der Waals surface area contributed by atoms with Crippen molar-refractivity contribution in [2.24, 2.45) is 0 Å². The maximum absolute atomic E-state index is 13.1. The van der Waals surface area contributed by atoms with Gasteiger partial charge in [0.15, 0.2) is 0 Å². The molecule has 2 aliphatic heterocycles. The van der Waals surface area contributed by atoms with E-state index in [0.717, 1.165) is 11.1 Å². The highest BCUT2D eigenvalue weighted by Gasteiger charge is 2.52. The summed E-state index contributed by atoms with van der Waals surface area (Å²) in [6, 6.07) is 11.0. The molecule has 0 unspecified atom stereocenters. The van der Waals surface area contributed by atoms with Crippen LogP contribution in [0.1, 0.15) is 30.9 Å². The van der Waals surface area contributed by atoms with Crippen LogP contribution in [0.25, 0.3) is 0 Å². The molecule has 0 radical (unpaired) electrons. The summed E-state index contributed by atoms with van der Waals surface area (Å²) in [5.41, 5.74) is 1.58. The zero-order valence-electron chi connectivity index (χ0n) is 17.4. The van der Waals surface area contributed by atoms with Gasteiger partial charge in [-0.2, -0.15) is 4.31 Å². The third-order valence-corrected chi connectivity index (χ3v) is 9.24. The maximum atomic E-state index is 13.1. The predicted molar refractivity (Wildman–Crippen MR) is 117 cm³/mol. The van der Waals surface area contributed by atoms with Crippen LogP contribution in [-0.4, -0.2) is 43.3 Å². The standard InChI is InChI=1S/C22H24N2O5S2/c1-15-6-3-4-7-17(15)14-23-20(25)19-16(2)21(26)29-22(19)9-11-24(12-10-22)31(27,28)18-8-5-13-30-18/h3-8,13H,9-12,14H2,1-2H3,(H,23,25). The number of esters is 1. The number of benzene rings is 1. The number of hydrogen-bond donors (Lipinski definition) is 1. The van der Waals surface area contributed by atoms with Gasteiger partial charge in [0.05, 0.1) is 5.57 Å². The van der Waals surface area contributed by atoms with Crippen molar-refractivity contribution in [1.82, 2.24) is 9.62 Å². The zero-order chi connectivity index (χ0) is 22.2. The first-order chi connectivity index (χ1) is 14.7. The maximum Gasteiger partial charge on any atom is 0.335 e. The van der Waals surface area contributed by atoms with Gasteiger partial charge in [0.1, 0.15) is 9.81 Å². The van der Waals surface area contributed by atoms with Crippen LogP contribution < -0.4 is 5.32 Å². The Kier molecular flexibility index (Phi) is 5.76. The third kappa shape index (κ3) is 3.93. The molecule has 164 valence electrons. The fourth-order valence-corrected chi connectivity index (χ4v) is 6.76. The number of thiophene rings is 1. The van der Waals surface area contributed by atoms with Crippen LogP contribution in [0.5, 0.6) is 0 Å². The molecule has 1 amide bonds. The van der Waals surface area contributed by atoms with Gasteiger partial charge in [-0.15, -0.1) is 11.3 Å². The van der Waals surface area contributed by atoms with Crippen molar-refractivity contribution in [3.05, 3.63) is 64.1 Å². The van der Waals surface area contributed by atoms with E-state index in [9.17, 15) is 18.0 Å². The zero-order valence-corrected chi connectivity index (χ0v) is 19.0. The quantitative estimate of drug-likeness (QED) is 0.693. The minimum absolute atomic E-state index is 0.176. The Labute approximate surface area is 185 Å². The van der Waals surface area contributed by atoms with Crippen LogP contribution >= 0.6 is 11.3 Å². The molecule has 3 heterocycles. The Bertz CT molecular complexity index is 1140. The smallest absolute Gasteiger partial charge is 0.335 e. The number of hydrogen-bond acceptors (Lipinski definition) is 6. The summed E-state index contributed by atoms with van der Waals surface area (Å²) in [5.74, 6) is -0.864. The van der Waals surface area contributed by atoms with Gasteiger partial charge in [-0.05, 0) is 36.4 Å². The molecular weight excluding hydrogens is 436 g/mol. The van der Waals surface area contributed by atoms with Crippen LogP contribution in [-0.2, 0) is 30.9 Å². The average molecular weight is 461 g/mol. The summed E-state index contributed by atoms with van der Waals surface area (Å²) in [6.45, 7) is 4.25. The summed E-state index contributed by atoms with van der Waals surface area (Å²) in [6.07, 6.45) is 0.488. The molecule has 1 fully saturated rings. The van der Waals surface area contributed by atoms with Crippen LogP contribution in [0.3, 0.4) is 0 Å². The van der Waals surface area contributed by atoms with E-state index in [0.29, 0.717) is 12.1 Å². The second-order valence-electron chi connectivity index (χ2n) is 7.83. The van der Waals surface area contributed by atoms with E-state index in [-0.39, 0.29) is 41.6 Å². The van der Waals surface area contributed by atoms with E-state index in [1.165, 1.54) is 15.6 Å². The number of ether oxygens (including phenoxy) is 1. The number of amides is 1. The molecule has 1 saturated heterocycles. The highest BCUT2D eigenvalue weighted by Crippen LogP contribution is 2.42. The van der Waals surface area contributed by atoms with Crippen molar-refractivity contribution in [1.29, 1.82) is 0 Å². The number of carbonyl (C=O) groups excluding carboxylic acids is 2. The number of nitrogens with zero attached hydrogens (tertiary/aromatic N) is 1. The lowest BCUT2D eigenvalue weighted by Gasteiger charge is -2.38. The van der Waals surface area contributed by atoms with Gasteiger partial charge in [0, 0.05) is 38.0 Å². The van der Waals surface area contributed by atoms with Crippen LogP contribution in [0, 0.1) is 6.92 Å². The van der Waals surface area contributed by atoms with Crippen LogP contribution in [0.2, 0.25) is 0 Å². The third-order valence-electron chi connectivity index (χ3n) is 5.97. The highest BCUT2D eigenvalue weighted by molar-refractivity contribution is 7.91. The SMILES string of the molecule is CC1=C(C(=O)NCc2ccccc2C)C2(CCN(S(=O)(=O)c3cccs3)CC2)OC1=O. The van der Waals surface area contributed by atoms with Gasteiger partial charge in [-0.25, -0.2) is 13.2 Å². The molecule has 1 aromatic heterocycles. The minimum Gasteiger partial charge on any atom is -0.450 e. The van der Waals surface area contributed by atoms with Gasteiger partial charge in [-0.1, -0.05) is 30.3 Å². The average Bonchev–Trinajstić information content (AvgIpc) is 3.36. The van der Waals surface area contributed by atoms with Crippen molar-refractivity contribution in [2.75, 3.05) is 13.1 Å². The number of aryl methyl sites for hydroxylation is 1. The first kappa shape index (κ1) is 21.7. The molecule has 31 heavy (non-hydrogen) atoms. The Balaban J connectivity index is 1.51. The highest BCUT2D eigenvalue weighted by atomic mass is 32.2.